The van der Waals surface area contributed by atoms with E-state index in [1.807, 2.05) is 0 Å². The minimum Gasteiger partial charge on any atom is -0.504 e. The lowest BCUT2D eigenvalue weighted by Crippen LogP contribution is -2.16. The second-order valence-electron chi connectivity index (χ2n) is 4.49. The Morgan fingerprint density at radius 2 is 2.10 bits per heavy atom. The Bertz CT molecular complexity index is 555. The molecule has 0 N–H and O–H groups in total. The fourth-order valence-electron chi connectivity index (χ4n) is 2.36. The van der Waals surface area contributed by atoms with Gasteiger partial charge in [-0.2, -0.15) is 0 Å². The molecular formula is C14H15BF2O3. The third kappa shape index (κ3) is 2.84. The molecule has 0 unspecified atom stereocenters. The van der Waals surface area contributed by atoms with Crippen LogP contribution in [0.2, 0.25) is 0 Å². The molecule has 106 valence electrons. The molecule has 0 aliphatic heterocycles. The Morgan fingerprint density at radius 1 is 1.35 bits per heavy atom. The number of ketones is 1. The van der Waals surface area contributed by atoms with E-state index < -0.39 is 7.47 Å². The van der Waals surface area contributed by atoms with Crippen LogP contribution in [0.4, 0.5) is 8.63 Å². The third-order valence-corrected chi connectivity index (χ3v) is 3.34. The molecule has 1 aromatic carbocycles. The van der Waals surface area contributed by atoms with Gasteiger partial charge in [0, 0.05) is 17.6 Å². The Balaban J connectivity index is 2.51. The Morgan fingerprint density at radius 3 is 2.70 bits per heavy atom. The van der Waals surface area contributed by atoms with Crippen molar-refractivity contribution in [3.63, 3.8) is 0 Å². The molecule has 0 amide bonds. The molecule has 0 aromatic heterocycles. The molecule has 0 heterocycles. The lowest BCUT2D eigenvalue weighted by molar-refractivity contribution is -0.115. The number of halogens is 2. The summed E-state index contributed by atoms with van der Waals surface area (Å²) in [5.74, 6) is 0.517. The number of allylic oxidation sites excluding steroid dienone is 1. The molecule has 1 aliphatic carbocycles. The van der Waals surface area contributed by atoms with E-state index >= 15 is 0 Å². The largest absolute Gasteiger partial charge is 0.796 e. The highest BCUT2D eigenvalue weighted by Gasteiger charge is 2.29. The number of ether oxygens (including phenoxy) is 1. The maximum atomic E-state index is 12.6. The summed E-state index contributed by atoms with van der Waals surface area (Å²) in [5, 5.41) is 0. The monoisotopic (exact) mass is 280 g/mol. The van der Waals surface area contributed by atoms with Crippen LogP contribution >= 0.6 is 0 Å². The van der Waals surface area contributed by atoms with Crippen LogP contribution in [-0.4, -0.2) is 20.4 Å². The average molecular weight is 280 g/mol. The average Bonchev–Trinajstić information content (AvgIpc) is 2.45. The highest BCUT2D eigenvalue weighted by molar-refractivity contribution is 6.36. The van der Waals surface area contributed by atoms with E-state index in [1.54, 1.807) is 32.2 Å². The van der Waals surface area contributed by atoms with Gasteiger partial charge in [-0.3, -0.25) is 4.79 Å². The Hall–Kier alpha value is -1.85. The van der Waals surface area contributed by atoms with Gasteiger partial charge in [0.25, 0.3) is 0 Å². The molecule has 3 nitrogen and oxygen atoms in total. The highest BCUT2D eigenvalue weighted by Crippen LogP contribution is 2.35. The first-order chi connectivity index (χ1) is 9.56. The van der Waals surface area contributed by atoms with Gasteiger partial charge in [0.15, 0.2) is 5.78 Å². The zero-order chi connectivity index (χ0) is 14.7. The zero-order valence-electron chi connectivity index (χ0n) is 11.4. The number of Topliss-reactive ketones (excluding diaryl/α,β-unsaturated/α-hetero) is 1. The van der Waals surface area contributed by atoms with E-state index in [-0.39, 0.29) is 18.0 Å². The maximum absolute atomic E-state index is 12.6. The van der Waals surface area contributed by atoms with E-state index in [0.29, 0.717) is 29.7 Å². The molecule has 1 aromatic rings. The number of hydrogen-bond donors (Lipinski definition) is 0. The number of aryl methyl sites for hydroxylation is 1. The zero-order valence-corrected chi connectivity index (χ0v) is 11.4. The van der Waals surface area contributed by atoms with Crippen molar-refractivity contribution in [1.29, 1.82) is 0 Å². The van der Waals surface area contributed by atoms with Gasteiger partial charge >= 0.3 is 7.47 Å². The summed E-state index contributed by atoms with van der Waals surface area (Å²) >= 11 is 0. The summed E-state index contributed by atoms with van der Waals surface area (Å²) in [4.78, 5) is 11.9. The molecule has 2 rings (SSSR count). The van der Waals surface area contributed by atoms with Crippen LogP contribution in [0.5, 0.6) is 5.75 Å². The molecule has 0 spiro atoms. The van der Waals surface area contributed by atoms with Crippen LogP contribution in [-0.2, 0) is 15.9 Å². The van der Waals surface area contributed by atoms with Gasteiger partial charge in [0.2, 0.25) is 0 Å². The molecule has 20 heavy (non-hydrogen) atoms. The van der Waals surface area contributed by atoms with Crippen LogP contribution in [0.1, 0.15) is 30.9 Å². The second-order valence-corrected chi connectivity index (χ2v) is 4.49. The predicted octanol–water partition coefficient (Wildman–Crippen LogP) is 3.27. The summed E-state index contributed by atoms with van der Waals surface area (Å²) in [6, 6.07) is 5.12. The summed E-state index contributed by atoms with van der Waals surface area (Å²) in [6.45, 7) is 1.71. The van der Waals surface area contributed by atoms with Gasteiger partial charge in [-0.05, 0) is 36.6 Å². The number of carbonyl (C=O) groups is 1. The van der Waals surface area contributed by atoms with Crippen molar-refractivity contribution >= 4 is 19.0 Å². The predicted molar refractivity (Wildman–Crippen MR) is 72.6 cm³/mol. The van der Waals surface area contributed by atoms with Crippen molar-refractivity contribution in [1.82, 2.24) is 0 Å². The minimum atomic E-state index is -2.95. The first kappa shape index (κ1) is 14.6. The number of fused-ring (bicyclic) bond motifs is 1. The van der Waals surface area contributed by atoms with Crippen molar-refractivity contribution in [2.45, 2.75) is 26.2 Å². The number of hydrogen-bond acceptors (Lipinski definition) is 3. The van der Waals surface area contributed by atoms with E-state index in [2.05, 4.69) is 4.65 Å². The van der Waals surface area contributed by atoms with Gasteiger partial charge in [-0.1, -0.05) is 6.92 Å². The standard InChI is InChI=1S/C14H15BF2O3/c1-3-13(18)12-6-4-9-8-10(19-2)5-7-11(9)14(12)20-15(16)17/h5,7-8H,3-4,6H2,1-2H3. The van der Waals surface area contributed by atoms with Gasteiger partial charge in [-0.15, -0.1) is 0 Å². The Labute approximate surface area is 116 Å². The molecule has 0 radical (unpaired) electrons. The summed E-state index contributed by atoms with van der Waals surface area (Å²) in [6.07, 6.45) is 1.30. The highest BCUT2D eigenvalue weighted by atomic mass is 19.2. The van der Waals surface area contributed by atoms with E-state index in [4.69, 9.17) is 4.74 Å². The van der Waals surface area contributed by atoms with Gasteiger partial charge < -0.3 is 9.39 Å². The first-order valence-electron chi connectivity index (χ1n) is 6.45. The smallest absolute Gasteiger partial charge is 0.504 e. The van der Waals surface area contributed by atoms with Crippen LogP contribution in [0.3, 0.4) is 0 Å². The maximum Gasteiger partial charge on any atom is 0.796 e. The molecule has 0 saturated heterocycles. The normalized spacial score (nSPS) is 13.8. The van der Waals surface area contributed by atoms with E-state index in [9.17, 15) is 13.4 Å². The molecule has 0 fully saturated rings. The molecule has 0 bridgehead atoms. The lowest BCUT2D eigenvalue weighted by atomic mass is 9.87. The van der Waals surface area contributed by atoms with Crippen LogP contribution in [0, 0.1) is 0 Å². The van der Waals surface area contributed by atoms with Crippen molar-refractivity contribution in [3.05, 3.63) is 34.9 Å². The fraction of sp³-hybridized carbons (Fsp3) is 0.357. The van der Waals surface area contributed by atoms with Gasteiger partial charge in [0.1, 0.15) is 11.5 Å². The molecule has 6 heteroatoms. The van der Waals surface area contributed by atoms with Gasteiger partial charge in [0.05, 0.1) is 7.11 Å². The number of rotatable bonds is 5. The van der Waals surface area contributed by atoms with Crippen molar-refractivity contribution in [3.8, 4) is 5.75 Å². The van der Waals surface area contributed by atoms with Crippen molar-refractivity contribution in [2.24, 2.45) is 0 Å². The molecular weight excluding hydrogens is 265 g/mol. The van der Waals surface area contributed by atoms with E-state index in [0.717, 1.165) is 5.56 Å². The molecule has 1 aliphatic rings. The summed E-state index contributed by atoms with van der Waals surface area (Å²) in [5.41, 5.74) is 1.76. The Kier molecular flexibility index (Phi) is 4.42. The third-order valence-electron chi connectivity index (χ3n) is 3.34. The van der Waals surface area contributed by atoms with Crippen LogP contribution in [0.25, 0.3) is 5.76 Å². The quantitative estimate of drug-likeness (QED) is 0.776. The summed E-state index contributed by atoms with van der Waals surface area (Å²) < 4.78 is 34.9. The number of carbonyl (C=O) groups excluding carboxylic acids is 1. The fourth-order valence-corrected chi connectivity index (χ4v) is 2.36. The molecule has 0 saturated carbocycles. The van der Waals surface area contributed by atoms with Crippen LogP contribution < -0.4 is 4.74 Å². The molecule has 0 atom stereocenters. The number of benzene rings is 1. The van der Waals surface area contributed by atoms with Crippen molar-refractivity contribution < 1.29 is 22.8 Å². The van der Waals surface area contributed by atoms with Gasteiger partial charge in [-0.25, -0.2) is 8.63 Å². The topological polar surface area (TPSA) is 35.5 Å². The lowest BCUT2D eigenvalue weighted by Gasteiger charge is -2.23. The number of methoxy groups -OCH3 is 1. The minimum absolute atomic E-state index is 0.00996. The van der Waals surface area contributed by atoms with E-state index in [1.165, 1.54) is 0 Å². The van der Waals surface area contributed by atoms with Crippen LogP contribution in [0.15, 0.2) is 23.8 Å². The van der Waals surface area contributed by atoms with Crippen molar-refractivity contribution in [2.75, 3.05) is 7.11 Å². The SMILES string of the molecule is CCC(=O)C1=C(OB(F)F)c2ccc(OC)cc2CC1. The second kappa shape index (κ2) is 6.07. The summed E-state index contributed by atoms with van der Waals surface area (Å²) in [7, 11) is -1.40. The first-order valence-corrected chi connectivity index (χ1v) is 6.45.